The van der Waals surface area contributed by atoms with Gasteiger partial charge < -0.3 is 9.62 Å². The molecule has 3 heteroatoms. The SMILES string of the molecule is O/N=c1\cc(-c2ccccc2)oc2c1ccc1ccccc12. The third-order valence-corrected chi connectivity index (χ3v) is 3.80. The van der Waals surface area contributed by atoms with E-state index < -0.39 is 0 Å². The smallest absolute Gasteiger partial charge is 0.144 e. The maximum absolute atomic E-state index is 9.36. The monoisotopic (exact) mass is 287 g/mol. The fourth-order valence-electron chi connectivity index (χ4n) is 2.72. The molecule has 0 radical (unpaired) electrons. The first-order chi connectivity index (χ1) is 10.9. The van der Waals surface area contributed by atoms with E-state index in [1.165, 1.54) is 0 Å². The number of nitrogens with zero attached hydrogens (tertiary/aromatic N) is 1. The van der Waals surface area contributed by atoms with E-state index in [1.54, 1.807) is 6.07 Å². The van der Waals surface area contributed by atoms with Crippen LogP contribution >= 0.6 is 0 Å². The molecule has 0 unspecified atom stereocenters. The zero-order valence-corrected chi connectivity index (χ0v) is 11.7. The Morgan fingerprint density at radius 3 is 2.36 bits per heavy atom. The molecule has 3 aromatic carbocycles. The molecule has 0 bridgehead atoms. The molecule has 0 aliphatic carbocycles. The Morgan fingerprint density at radius 2 is 1.55 bits per heavy atom. The number of benzene rings is 3. The normalized spacial score (nSPS) is 12.1. The first-order valence-corrected chi connectivity index (χ1v) is 7.06. The first kappa shape index (κ1) is 12.7. The van der Waals surface area contributed by atoms with Crippen molar-refractivity contribution >= 4 is 21.7 Å². The summed E-state index contributed by atoms with van der Waals surface area (Å²) in [5, 5.41) is 16.2. The predicted octanol–water partition coefficient (Wildman–Crippen LogP) is 4.54. The Bertz CT molecular complexity index is 1030. The number of hydrogen-bond acceptors (Lipinski definition) is 3. The van der Waals surface area contributed by atoms with Crippen molar-refractivity contribution in [3.8, 4) is 11.3 Å². The summed E-state index contributed by atoms with van der Waals surface area (Å²) in [4.78, 5) is 0. The van der Waals surface area contributed by atoms with Crippen molar-refractivity contribution < 1.29 is 9.62 Å². The van der Waals surface area contributed by atoms with Crippen molar-refractivity contribution in [3.63, 3.8) is 0 Å². The van der Waals surface area contributed by atoms with E-state index in [0.717, 1.165) is 27.3 Å². The maximum Gasteiger partial charge on any atom is 0.144 e. The molecule has 3 nitrogen and oxygen atoms in total. The van der Waals surface area contributed by atoms with Crippen LogP contribution in [-0.4, -0.2) is 5.21 Å². The maximum atomic E-state index is 9.36. The van der Waals surface area contributed by atoms with Crippen LogP contribution in [0.1, 0.15) is 0 Å². The van der Waals surface area contributed by atoms with Gasteiger partial charge in [-0.1, -0.05) is 65.8 Å². The van der Waals surface area contributed by atoms with E-state index in [1.807, 2.05) is 66.7 Å². The van der Waals surface area contributed by atoms with Gasteiger partial charge in [0.2, 0.25) is 0 Å². The minimum absolute atomic E-state index is 0.505. The summed E-state index contributed by atoms with van der Waals surface area (Å²) in [6, 6.07) is 23.5. The highest BCUT2D eigenvalue weighted by Gasteiger charge is 2.09. The van der Waals surface area contributed by atoms with E-state index in [4.69, 9.17) is 4.42 Å². The van der Waals surface area contributed by atoms with Gasteiger partial charge in [0.25, 0.3) is 0 Å². The van der Waals surface area contributed by atoms with E-state index in [2.05, 4.69) is 5.16 Å². The van der Waals surface area contributed by atoms with Crippen LogP contribution in [0.4, 0.5) is 0 Å². The lowest BCUT2D eigenvalue weighted by Crippen LogP contribution is -2.03. The van der Waals surface area contributed by atoms with Crippen LogP contribution in [0, 0.1) is 0 Å². The summed E-state index contributed by atoms with van der Waals surface area (Å²) >= 11 is 0. The molecule has 1 aromatic heterocycles. The van der Waals surface area contributed by atoms with Gasteiger partial charge in [0, 0.05) is 22.4 Å². The molecule has 4 aromatic rings. The molecule has 0 spiro atoms. The molecule has 0 amide bonds. The van der Waals surface area contributed by atoms with Gasteiger partial charge in [-0.3, -0.25) is 0 Å². The lowest BCUT2D eigenvalue weighted by atomic mass is 10.1. The third kappa shape index (κ3) is 1.95. The van der Waals surface area contributed by atoms with Gasteiger partial charge in [0.1, 0.15) is 16.7 Å². The molecule has 0 aliphatic rings. The lowest BCUT2D eigenvalue weighted by Gasteiger charge is -2.07. The zero-order valence-electron chi connectivity index (χ0n) is 11.7. The van der Waals surface area contributed by atoms with Crippen molar-refractivity contribution in [1.29, 1.82) is 0 Å². The van der Waals surface area contributed by atoms with Gasteiger partial charge in [0.15, 0.2) is 0 Å². The quantitative estimate of drug-likeness (QED) is 0.317. The highest BCUT2D eigenvalue weighted by Crippen LogP contribution is 2.27. The van der Waals surface area contributed by atoms with Crippen LogP contribution in [0.25, 0.3) is 33.1 Å². The molecular weight excluding hydrogens is 274 g/mol. The van der Waals surface area contributed by atoms with Gasteiger partial charge in [-0.15, -0.1) is 0 Å². The largest absolute Gasteiger partial charge is 0.455 e. The average molecular weight is 287 g/mol. The van der Waals surface area contributed by atoms with Gasteiger partial charge in [0.05, 0.1) is 0 Å². The molecule has 106 valence electrons. The number of rotatable bonds is 1. The number of hydrogen-bond donors (Lipinski definition) is 1. The van der Waals surface area contributed by atoms with E-state index in [-0.39, 0.29) is 0 Å². The third-order valence-electron chi connectivity index (χ3n) is 3.80. The Kier molecular flexibility index (Phi) is 2.90. The van der Waals surface area contributed by atoms with E-state index >= 15 is 0 Å². The van der Waals surface area contributed by atoms with Gasteiger partial charge in [-0.2, -0.15) is 0 Å². The van der Waals surface area contributed by atoms with Crippen molar-refractivity contribution in [2.24, 2.45) is 5.16 Å². The summed E-state index contributed by atoms with van der Waals surface area (Å²) in [7, 11) is 0. The van der Waals surface area contributed by atoms with E-state index in [0.29, 0.717) is 11.1 Å². The summed E-state index contributed by atoms with van der Waals surface area (Å²) in [6.45, 7) is 0. The average Bonchev–Trinajstić information content (AvgIpc) is 2.61. The zero-order chi connectivity index (χ0) is 14.9. The highest BCUT2D eigenvalue weighted by atomic mass is 16.4. The van der Waals surface area contributed by atoms with E-state index in [9.17, 15) is 5.21 Å². The Morgan fingerprint density at radius 1 is 0.773 bits per heavy atom. The van der Waals surface area contributed by atoms with Crippen LogP contribution in [0.15, 0.2) is 82.4 Å². The molecule has 22 heavy (non-hydrogen) atoms. The fourth-order valence-corrected chi connectivity index (χ4v) is 2.72. The molecular formula is C19H13NO2. The predicted molar refractivity (Wildman–Crippen MR) is 86.5 cm³/mol. The van der Waals surface area contributed by atoms with Gasteiger partial charge in [-0.05, 0) is 11.5 Å². The molecule has 1 N–H and O–H groups in total. The van der Waals surface area contributed by atoms with Crippen LogP contribution < -0.4 is 5.36 Å². The molecule has 4 rings (SSSR count). The van der Waals surface area contributed by atoms with Crippen LogP contribution in [0.2, 0.25) is 0 Å². The second-order valence-electron chi connectivity index (χ2n) is 5.13. The highest BCUT2D eigenvalue weighted by molar-refractivity contribution is 6.04. The topological polar surface area (TPSA) is 45.7 Å². The Hall–Kier alpha value is -3.07. The molecule has 0 fully saturated rings. The van der Waals surface area contributed by atoms with Crippen LogP contribution in [0.3, 0.4) is 0 Å². The molecule has 0 saturated heterocycles. The van der Waals surface area contributed by atoms with Gasteiger partial charge >= 0.3 is 0 Å². The molecule has 0 aliphatic heterocycles. The Balaban J connectivity index is 2.16. The molecule has 0 atom stereocenters. The van der Waals surface area contributed by atoms with Crippen molar-refractivity contribution in [3.05, 3.63) is 78.2 Å². The van der Waals surface area contributed by atoms with Crippen molar-refractivity contribution in [2.45, 2.75) is 0 Å². The summed E-state index contributed by atoms with van der Waals surface area (Å²) in [6.07, 6.45) is 0. The van der Waals surface area contributed by atoms with Gasteiger partial charge in [-0.25, -0.2) is 0 Å². The number of fused-ring (bicyclic) bond motifs is 3. The second kappa shape index (κ2) is 5.04. The minimum Gasteiger partial charge on any atom is -0.455 e. The summed E-state index contributed by atoms with van der Waals surface area (Å²) in [5.41, 5.74) is 1.68. The van der Waals surface area contributed by atoms with Crippen LogP contribution in [0.5, 0.6) is 0 Å². The summed E-state index contributed by atoms with van der Waals surface area (Å²) < 4.78 is 6.13. The molecule has 0 saturated carbocycles. The first-order valence-electron chi connectivity index (χ1n) is 7.06. The van der Waals surface area contributed by atoms with Crippen molar-refractivity contribution in [1.82, 2.24) is 0 Å². The summed E-state index contributed by atoms with van der Waals surface area (Å²) in [5.74, 6) is 0.678. The minimum atomic E-state index is 0.505. The van der Waals surface area contributed by atoms with Crippen molar-refractivity contribution in [2.75, 3.05) is 0 Å². The lowest BCUT2D eigenvalue weighted by molar-refractivity contribution is 0.302. The molecule has 1 heterocycles. The van der Waals surface area contributed by atoms with Crippen LogP contribution in [-0.2, 0) is 0 Å². The standard InChI is InChI=1S/C19H13NO2/c21-20-17-12-18(14-7-2-1-3-8-14)22-19-15-9-5-4-6-13(15)10-11-16(17)19/h1-12,21H/b20-17+. The fraction of sp³-hybridized carbons (Fsp3) is 0. The second-order valence-corrected chi connectivity index (χ2v) is 5.13. The Labute approximate surface area is 126 Å².